The van der Waals surface area contributed by atoms with E-state index in [-0.39, 0.29) is 0 Å². The maximum absolute atomic E-state index is 5.46. The fourth-order valence-electron chi connectivity index (χ4n) is 0.976. The molecule has 1 rings (SSSR count). The first-order chi connectivity index (χ1) is 5.83. The van der Waals surface area contributed by atoms with Crippen LogP contribution in [0, 0.1) is 6.92 Å². The molecule has 0 atom stereocenters. The lowest BCUT2D eigenvalue weighted by Gasteiger charge is -2.05. The minimum Gasteiger partial charge on any atom is -0.492 e. The summed E-state index contributed by atoms with van der Waals surface area (Å²) in [5.41, 5.74) is 1.23. The van der Waals surface area contributed by atoms with E-state index in [0.717, 1.165) is 18.9 Å². The minimum atomic E-state index is 0.722. The smallest absolute Gasteiger partial charge is 0.119 e. The Balaban J connectivity index is 2.41. The van der Waals surface area contributed by atoms with Crippen molar-refractivity contribution in [1.29, 1.82) is 0 Å². The Labute approximate surface area is 73.6 Å². The highest BCUT2D eigenvalue weighted by atomic mass is 16.5. The molecule has 0 unspecified atom stereocenters. The Morgan fingerprint density at radius 3 is 2.92 bits per heavy atom. The van der Waals surface area contributed by atoms with Gasteiger partial charge in [0.1, 0.15) is 12.4 Å². The van der Waals surface area contributed by atoms with E-state index in [0.29, 0.717) is 0 Å². The lowest BCUT2D eigenvalue weighted by atomic mass is 10.2. The predicted octanol–water partition coefficient (Wildman–Crippen LogP) is 1.59. The van der Waals surface area contributed by atoms with Crippen molar-refractivity contribution in [2.75, 3.05) is 20.2 Å². The van der Waals surface area contributed by atoms with Crippen molar-refractivity contribution in [3.8, 4) is 5.75 Å². The standard InChI is InChI=1S/C10H15NO/c1-9-4-3-5-10(8-9)12-7-6-11-2/h3-5,8,11H,6-7H2,1-2H3. The van der Waals surface area contributed by atoms with Crippen molar-refractivity contribution in [2.24, 2.45) is 0 Å². The number of aryl methyl sites for hydroxylation is 1. The monoisotopic (exact) mass is 165 g/mol. The molecule has 66 valence electrons. The second kappa shape index (κ2) is 4.78. The van der Waals surface area contributed by atoms with Crippen LogP contribution < -0.4 is 10.1 Å². The van der Waals surface area contributed by atoms with Crippen LogP contribution in [-0.2, 0) is 0 Å². The Morgan fingerprint density at radius 2 is 2.25 bits per heavy atom. The number of ether oxygens (including phenoxy) is 1. The zero-order valence-electron chi connectivity index (χ0n) is 7.63. The number of rotatable bonds is 4. The van der Waals surface area contributed by atoms with Crippen LogP contribution in [0.2, 0.25) is 0 Å². The van der Waals surface area contributed by atoms with E-state index in [1.165, 1.54) is 5.56 Å². The molecule has 1 aromatic carbocycles. The summed E-state index contributed by atoms with van der Waals surface area (Å²) in [5.74, 6) is 0.949. The fraction of sp³-hybridized carbons (Fsp3) is 0.400. The van der Waals surface area contributed by atoms with E-state index in [1.54, 1.807) is 0 Å². The Hall–Kier alpha value is -1.02. The summed E-state index contributed by atoms with van der Waals surface area (Å²) < 4.78 is 5.46. The van der Waals surface area contributed by atoms with Crippen LogP contribution >= 0.6 is 0 Å². The molecule has 2 nitrogen and oxygen atoms in total. The van der Waals surface area contributed by atoms with E-state index in [9.17, 15) is 0 Å². The second-order valence-corrected chi connectivity index (χ2v) is 2.77. The topological polar surface area (TPSA) is 21.3 Å². The molecule has 0 radical (unpaired) electrons. The zero-order chi connectivity index (χ0) is 8.81. The molecule has 0 aliphatic carbocycles. The fourth-order valence-corrected chi connectivity index (χ4v) is 0.976. The van der Waals surface area contributed by atoms with Crippen molar-refractivity contribution >= 4 is 0 Å². The average Bonchev–Trinajstić information content (AvgIpc) is 2.05. The average molecular weight is 165 g/mol. The molecule has 1 N–H and O–H groups in total. The predicted molar refractivity (Wildman–Crippen MR) is 50.6 cm³/mol. The molecule has 0 saturated heterocycles. The van der Waals surface area contributed by atoms with Crippen molar-refractivity contribution in [2.45, 2.75) is 6.92 Å². The minimum absolute atomic E-state index is 0.722. The van der Waals surface area contributed by atoms with Crippen LogP contribution in [0.25, 0.3) is 0 Å². The molecular weight excluding hydrogens is 150 g/mol. The molecule has 1 aromatic rings. The molecule has 0 heterocycles. The molecule has 0 spiro atoms. The molecule has 0 amide bonds. The van der Waals surface area contributed by atoms with Gasteiger partial charge in [0.15, 0.2) is 0 Å². The highest BCUT2D eigenvalue weighted by Crippen LogP contribution is 2.11. The van der Waals surface area contributed by atoms with Gasteiger partial charge < -0.3 is 10.1 Å². The third-order valence-electron chi connectivity index (χ3n) is 1.61. The number of hydrogen-bond donors (Lipinski definition) is 1. The SMILES string of the molecule is CNCCOc1cccc(C)c1. The van der Waals surface area contributed by atoms with Crippen LogP contribution in [0.3, 0.4) is 0 Å². The van der Waals surface area contributed by atoms with Crippen molar-refractivity contribution < 1.29 is 4.74 Å². The van der Waals surface area contributed by atoms with Gasteiger partial charge in [0, 0.05) is 6.54 Å². The third-order valence-corrected chi connectivity index (χ3v) is 1.61. The number of hydrogen-bond acceptors (Lipinski definition) is 2. The summed E-state index contributed by atoms with van der Waals surface area (Å²) in [6.45, 7) is 3.67. The number of benzene rings is 1. The maximum Gasteiger partial charge on any atom is 0.119 e. The zero-order valence-corrected chi connectivity index (χ0v) is 7.63. The lowest BCUT2D eigenvalue weighted by molar-refractivity contribution is 0.318. The largest absolute Gasteiger partial charge is 0.492 e. The van der Waals surface area contributed by atoms with E-state index >= 15 is 0 Å². The van der Waals surface area contributed by atoms with Crippen LogP contribution in [0.15, 0.2) is 24.3 Å². The Kier molecular flexibility index (Phi) is 3.61. The molecule has 0 aromatic heterocycles. The highest BCUT2D eigenvalue weighted by molar-refractivity contribution is 5.27. The summed E-state index contributed by atoms with van der Waals surface area (Å²) in [6, 6.07) is 8.08. The highest BCUT2D eigenvalue weighted by Gasteiger charge is 1.91. The molecule has 0 fully saturated rings. The van der Waals surface area contributed by atoms with Crippen LogP contribution in [-0.4, -0.2) is 20.2 Å². The van der Waals surface area contributed by atoms with Crippen LogP contribution in [0.1, 0.15) is 5.56 Å². The number of nitrogens with one attached hydrogen (secondary N) is 1. The van der Waals surface area contributed by atoms with E-state index in [1.807, 2.05) is 25.2 Å². The van der Waals surface area contributed by atoms with Crippen LogP contribution in [0.4, 0.5) is 0 Å². The maximum atomic E-state index is 5.46. The molecular formula is C10H15NO. The normalized spacial score (nSPS) is 9.83. The van der Waals surface area contributed by atoms with Crippen molar-refractivity contribution in [1.82, 2.24) is 5.32 Å². The van der Waals surface area contributed by atoms with Gasteiger partial charge >= 0.3 is 0 Å². The van der Waals surface area contributed by atoms with Gasteiger partial charge in [-0.25, -0.2) is 0 Å². The van der Waals surface area contributed by atoms with Gasteiger partial charge in [-0.2, -0.15) is 0 Å². The molecule has 2 heteroatoms. The van der Waals surface area contributed by atoms with Gasteiger partial charge in [-0.3, -0.25) is 0 Å². The third kappa shape index (κ3) is 2.93. The van der Waals surface area contributed by atoms with E-state index in [4.69, 9.17) is 4.74 Å². The van der Waals surface area contributed by atoms with Gasteiger partial charge in [-0.05, 0) is 31.7 Å². The molecule has 0 bridgehead atoms. The molecule has 0 saturated carbocycles. The van der Waals surface area contributed by atoms with E-state index < -0.39 is 0 Å². The Morgan fingerprint density at radius 1 is 1.42 bits per heavy atom. The summed E-state index contributed by atoms with van der Waals surface area (Å²) in [7, 11) is 1.92. The van der Waals surface area contributed by atoms with Crippen LogP contribution in [0.5, 0.6) is 5.75 Å². The van der Waals surface area contributed by atoms with Gasteiger partial charge in [0.2, 0.25) is 0 Å². The molecule has 12 heavy (non-hydrogen) atoms. The first-order valence-corrected chi connectivity index (χ1v) is 4.17. The quantitative estimate of drug-likeness (QED) is 0.684. The molecule has 0 aliphatic rings. The molecule has 0 aliphatic heterocycles. The summed E-state index contributed by atoms with van der Waals surface area (Å²) in [6.07, 6.45) is 0. The van der Waals surface area contributed by atoms with Crippen molar-refractivity contribution in [3.05, 3.63) is 29.8 Å². The summed E-state index contributed by atoms with van der Waals surface area (Å²) in [4.78, 5) is 0. The Bertz CT molecular complexity index is 235. The van der Waals surface area contributed by atoms with Gasteiger partial charge in [0.25, 0.3) is 0 Å². The van der Waals surface area contributed by atoms with Gasteiger partial charge in [-0.1, -0.05) is 12.1 Å². The number of likely N-dealkylation sites (N-methyl/N-ethyl adjacent to an activating group) is 1. The summed E-state index contributed by atoms with van der Waals surface area (Å²) >= 11 is 0. The first kappa shape index (κ1) is 9.07. The van der Waals surface area contributed by atoms with E-state index in [2.05, 4.69) is 18.3 Å². The van der Waals surface area contributed by atoms with Gasteiger partial charge in [0.05, 0.1) is 0 Å². The second-order valence-electron chi connectivity index (χ2n) is 2.77. The lowest BCUT2D eigenvalue weighted by Crippen LogP contribution is -2.15. The van der Waals surface area contributed by atoms with Gasteiger partial charge in [-0.15, -0.1) is 0 Å². The summed E-state index contributed by atoms with van der Waals surface area (Å²) in [5, 5.41) is 3.03. The van der Waals surface area contributed by atoms with Crippen molar-refractivity contribution in [3.63, 3.8) is 0 Å². The first-order valence-electron chi connectivity index (χ1n) is 4.17.